The minimum absolute atomic E-state index is 0.414. The summed E-state index contributed by atoms with van der Waals surface area (Å²) in [5.41, 5.74) is 9.00. The fraction of sp³-hybridized carbons (Fsp3) is 0.308. The number of ether oxygens (including phenoxy) is 3. The van der Waals surface area contributed by atoms with Crippen LogP contribution in [0.3, 0.4) is 0 Å². The Labute approximate surface area is 184 Å². The van der Waals surface area contributed by atoms with Crippen molar-refractivity contribution in [3.8, 4) is 22.6 Å². The predicted molar refractivity (Wildman–Crippen MR) is 123 cm³/mol. The molecule has 3 aromatic carbocycles. The number of hydrogen-bond donors (Lipinski definition) is 2. The van der Waals surface area contributed by atoms with Crippen molar-refractivity contribution in [2.24, 2.45) is 0 Å². The number of hydrogen-bond acceptors (Lipinski definition) is 5. The first-order valence-electron chi connectivity index (χ1n) is 10.6. The van der Waals surface area contributed by atoms with Gasteiger partial charge in [-0.05, 0) is 84.5 Å². The molecule has 0 aliphatic heterocycles. The van der Waals surface area contributed by atoms with Gasteiger partial charge in [-0.2, -0.15) is 0 Å². The average molecular weight is 422 g/mol. The zero-order valence-corrected chi connectivity index (χ0v) is 18.5. The number of aryl methyl sites for hydroxylation is 2. The molecule has 31 heavy (non-hydrogen) atoms. The molecule has 3 rings (SSSR count). The summed E-state index contributed by atoms with van der Waals surface area (Å²) in [5, 5.41) is 8.78. The van der Waals surface area contributed by atoms with Crippen LogP contribution in [0.25, 0.3) is 11.1 Å². The van der Waals surface area contributed by atoms with Gasteiger partial charge in [0.25, 0.3) is 0 Å². The van der Waals surface area contributed by atoms with Crippen LogP contribution in [0, 0.1) is 13.8 Å². The third kappa shape index (κ3) is 6.56. The van der Waals surface area contributed by atoms with E-state index in [2.05, 4.69) is 55.7 Å². The maximum absolute atomic E-state index is 8.78. The Kier molecular flexibility index (Phi) is 8.47. The van der Waals surface area contributed by atoms with Gasteiger partial charge in [-0.1, -0.05) is 30.3 Å². The van der Waals surface area contributed by atoms with E-state index in [1.54, 1.807) is 0 Å². The summed E-state index contributed by atoms with van der Waals surface area (Å²) in [7, 11) is 0. The van der Waals surface area contributed by atoms with E-state index in [-0.39, 0.29) is 0 Å². The van der Waals surface area contributed by atoms with E-state index >= 15 is 0 Å². The lowest BCUT2D eigenvalue weighted by atomic mass is 9.94. The van der Waals surface area contributed by atoms with Crippen molar-refractivity contribution in [1.29, 1.82) is 0 Å². The summed E-state index contributed by atoms with van der Waals surface area (Å²) >= 11 is 0. The molecule has 0 saturated heterocycles. The molecule has 3 aromatic rings. The lowest BCUT2D eigenvalue weighted by Gasteiger charge is -2.15. The second-order valence-electron chi connectivity index (χ2n) is 7.45. The van der Waals surface area contributed by atoms with Crippen molar-refractivity contribution in [2.75, 3.05) is 19.8 Å². The zero-order chi connectivity index (χ0) is 22.1. The molecule has 0 amide bonds. The Hall–Kier alpha value is -2.86. The molecule has 5 heteroatoms. The van der Waals surface area contributed by atoms with Crippen molar-refractivity contribution < 1.29 is 19.4 Å². The first-order valence-corrected chi connectivity index (χ1v) is 10.6. The highest BCUT2D eigenvalue weighted by Gasteiger charge is 2.10. The minimum Gasteiger partial charge on any atom is -0.491 e. The molecule has 0 atom stereocenters. The molecule has 0 spiro atoms. The summed E-state index contributed by atoms with van der Waals surface area (Å²) in [4.78, 5) is 0. The van der Waals surface area contributed by atoms with Crippen molar-refractivity contribution in [2.45, 2.75) is 33.9 Å². The van der Waals surface area contributed by atoms with Gasteiger partial charge in [-0.15, -0.1) is 0 Å². The molecule has 2 N–H and O–H groups in total. The molecule has 0 unspecified atom stereocenters. The number of hydroxylamine groups is 1. The Morgan fingerprint density at radius 2 is 1.55 bits per heavy atom. The largest absolute Gasteiger partial charge is 0.491 e. The van der Waals surface area contributed by atoms with Gasteiger partial charge in [0.2, 0.25) is 0 Å². The third-order valence-electron chi connectivity index (χ3n) is 5.03. The maximum Gasteiger partial charge on any atom is 0.119 e. The fourth-order valence-corrected chi connectivity index (χ4v) is 3.60. The summed E-state index contributed by atoms with van der Waals surface area (Å²) in [6.07, 6.45) is 0. The van der Waals surface area contributed by atoms with Crippen LogP contribution < -0.4 is 15.0 Å². The van der Waals surface area contributed by atoms with Crippen molar-refractivity contribution in [3.05, 3.63) is 82.9 Å². The lowest BCUT2D eigenvalue weighted by Crippen LogP contribution is -2.06. The zero-order valence-electron chi connectivity index (χ0n) is 18.5. The molecule has 164 valence electrons. The van der Waals surface area contributed by atoms with Gasteiger partial charge in [0.05, 0.1) is 6.61 Å². The Bertz CT molecular complexity index is 946. The highest BCUT2D eigenvalue weighted by Crippen LogP contribution is 2.31. The van der Waals surface area contributed by atoms with E-state index in [1.807, 2.05) is 31.2 Å². The molecule has 0 radical (unpaired) electrons. The molecular formula is C26H31NO4. The monoisotopic (exact) mass is 421 g/mol. The molecule has 0 bridgehead atoms. The van der Waals surface area contributed by atoms with Gasteiger partial charge >= 0.3 is 0 Å². The second-order valence-corrected chi connectivity index (χ2v) is 7.45. The van der Waals surface area contributed by atoms with Crippen LogP contribution in [-0.4, -0.2) is 25.0 Å². The molecule has 5 nitrogen and oxygen atoms in total. The van der Waals surface area contributed by atoms with E-state index in [4.69, 9.17) is 19.4 Å². The summed E-state index contributed by atoms with van der Waals surface area (Å²) in [5.74, 6) is 1.67. The Morgan fingerprint density at radius 1 is 0.806 bits per heavy atom. The van der Waals surface area contributed by atoms with Crippen molar-refractivity contribution in [1.82, 2.24) is 5.48 Å². The Balaban J connectivity index is 1.69. The van der Waals surface area contributed by atoms with E-state index in [9.17, 15) is 0 Å². The van der Waals surface area contributed by atoms with Gasteiger partial charge in [0.15, 0.2) is 0 Å². The van der Waals surface area contributed by atoms with E-state index in [0.29, 0.717) is 33.0 Å². The molecule has 0 aliphatic rings. The van der Waals surface area contributed by atoms with Crippen LogP contribution in [0.5, 0.6) is 11.5 Å². The molecule has 0 aliphatic carbocycles. The van der Waals surface area contributed by atoms with Gasteiger partial charge in [-0.3, -0.25) is 0 Å². The molecular weight excluding hydrogens is 390 g/mol. The summed E-state index contributed by atoms with van der Waals surface area (Å²) < 4.78 is 17.1. The summed E-state index contributed by atoms with van der Waals surface area (Å²) in [6, 6.07) is 20.3. The topological polar surface area (TPSA) is 60.0 Å². The van der Waals surface area contributed by atoms with Gasteiger partial charge in [0, 0.05) is 13.2 Å². The van der Waals surface area contributed by atoms with E-state index < -0.39 is 0 Å². The van der Waals surface area contributed by atoms with Crippen LogP contribution in [0.4, 0.5) is 0 Å². The number of rotatable bonds is 11. The average Bonchev–Trinajstić information content (AvgIpc) is 2.76. The molecule has 0 saturated carbocycles. The van der Waals surface area contributed by atoms with Crippen LogP contribution in [-0.2, 0) is 17.9 Å². The number of nitrogens with one attached hydrogen (secondary N) is 1. The Morgan fingerprint density at radius 3 is 2.23 bits per heavy atom. The van der Waals surface area contributed by atoms with Crippen LogP contribution in [0.2, 0.25) is 0 Å². The van der Waals surface area contributed by atoms with Gasteiger partial charge < -0.3 is 19.4 Å². The standard InChI is InChI=1S/C26H31NO4/c1-4-29-12-13-30-25-14-19(2)26(20(3)15-25)23-7-5-6-22(16-23)18-31-24-10-8-21(9-11-24)17-27-28/h5-11,14-16,27-28H,4,12-13,17-18H2,1-3H3. The second kappa shape index (κ2) is 11.5. The first kappa shape index (κ1) is 22.8. The third-order valence-corrected chi connectivity index (χ3v) is 5.03. The first-order chi connectivity index (χ1) is 15.1. The highest BCUT2D eigenvalue weighted by molar-refractivity contribution is 5.72. The molecule has 0 fully saturated rings. The maximum atomic E-state index is 8.78. The minimum atomic E-state index is 0.414. The predicted octanol–water partition coefficient (Wildman–Crippen LogP) is 5.44. The SMILES string of the molecule is CCOCCOc1cc(C)c(-c2cccc(COc3ccc(CNO)cc3)c2)c(C)c1. The van der Waals surface area contributed by atoms with Gasteiger partial charge in [0.1, 0.15) is 24.7 Å². The normalized spacial score (nSPS) is 10.8. The van der Waals surface area contributed by atoms with Gasteiger partial charge in [-0.25, -0.2) is 5.48 Å². The quantitative estimate of drug-likeness (QED) is 0.319. The van der Waals surface area contributed by atoms with Crippen LogP contribution >= 0.6 is 0 Å². The molecule has 0 heterocycles. The van der Waals surface area contributed by atoms with Crippen LogP contribution in [0.1, 0.15) is 29.2 Å². The fourth-order valence-electron chi connectivity index (χ4n) is 3.60. The molecule has 0 aromatic heterocycles. The van der Waals surface area contributed by atoms with Crippen molar-refractivity contribution >= 4 is 0 Å². The lowest BCUT2D eigenvalue weighted by molar-refractivity contribution is 0.110. The highest BCUT2D eigenvalue weighted by atomic mass is 16.5. The summed E-state index contributed by atoms with van der Waals surface area (Å²) in [6.45, 7) is 8.96. The smallest absolute Gasteiger partial charge is 0.119 e. The van der Waals surface area contributed by atoms with E-state index in [1.165, 1.54) is 22.3 Å². The van der Waals surface area contributed by atoms with Crippen LogP contribution in [0.15, 0.2) is 60.7 Å². The van der Waals surface area contributed by atoms with E-state index in [0.717, 1.165) is 22.6 Å². The van der Waals surface area contributed by atoms with Crippen molar-refractivity contribution in [3.63, 3.8) is 0 Å². The number of benzene rings is 3.